The van der Waals surface area contributed by atoms with E-state index in [1.54, 1.807) is 17.0 Å². The van der Waals surface area contributed by atoms with E-state index in [2.05, 4.69) is 15.2 Å². The van der Waals surface area contributed by atoms with Crippen molar-refractivity contribution in [1.29, 1.82) is 5.41 Å². The van der Waals surface area contributed by atoms with Gasteiger partial charge >= 0.3 is 0 Å². The molecule has 2 N–H and O–H groups in total. The number of allylic oxidation sites excluding steroid dienone is 1. The Labute approximate surface area is 179 Å². The first kappa shape index (κ1) is 19.8. The van der Waals surface area contributed by atoms with Crippen molar-refractivity contribution in [2.45, 2.75) is 6.92 Å². The highest BCUT2D eigenvalue weighted by molar-refractivity contribution is 7.07. The zero-order chi connectivity index (χ0) is 21.1. The van der Waals surface area contributed by atoms with E-state index in [9.17, 15) is 4.79 Å². The molecule has 3 aromatic rings. The van der Waals surface area contributed by atoms with E-state index in [0.29, 0.717) is 18.0 Å². The summed E-state index contributed by atoms with van der Waals surface area (Å²) in [6, 6.07) is 11.5. The molecule has 0 saturated carbocycles. The fourth-order valence-electron chi connectivity index (χ4n) is 3.28. The molecule has 152 valence electrons. The Morgan fingerprint density at radius 2 is 2.20 bits per heavy atom. The van der Waals surface area contributed by atoms with E-state index in [4.69, 9.17) is 10.1 Å². The Hall–Kier alpha value is -3.45. The first-order chi connectivity index (χ1) is 14.5. The lowest BCUT2D eigenvalue weighted by molar-refractivity contribution is 0.102. The van der Waals surface area contributed by atoms with E-state index >= 15 is 0 Å². The van der Waals surface area contributed by atoms with Crippen molar-refractivity contribution < 1.29 is 9.53 Å². The first-order valence-corrected chi connectivity index (χ1v) is 10.5. The Bertz CT molecular complexity index is 1120. The lowest BCUT2D eigenvalue weighted by Gasteiger charge is -2.27. The molecule has 0 atom stereocenters. The van der Waals surface area contributed by atoms with Gasteiger partial charge in [0.15, 0.2) is 0 Å². The maximum Gasteiger partial charge on any atom is 0.275 e. The van der Waals surface area contributed by atoms with Gasteiger partial charge < -0.3 is 20.4 Å². The van der Waals surface area contributed by atoms with E-state index in [1.807, 2.05) is 56.4 Å². The zero-order valence-corrected chi connectivity index (χ0v) is 17.6. The highest BCUT2D eigenvalue weighted by atomic mass is 32.1. The average molecular weight is 419 g/mol. The second-order valence-electron chi connectivity index (χ2n) is 7.05. The number of thiazole rings is 1. The van der Waals surface area contributed by atoms with E-state index in [1.165, 1.54) is 11.3 Å². The number of likely N-dealkylation sites (N-methyl/N-ethyl adjacent to an activating group) is 1. The lowest BCUT2D eigenvalue weighted by Crippen LogP contribution is -2.28. The third kappa shape index (κ3) is 4.11. The predicted octanol–water partition coefficient (Wildman–Crippen LogP) is 4.61. The van der Waals surface area contributed by atoms with Gasteiger partial charge in [0.2, 0.25) is 0 Å². The van der Waals surface area contributed by atoms with Gasteiger partial charge in [-0.15, -0.1) is 11.3 Å². The minimum Gasteiger partial charge on any atom is -0.490 e. The number of benzene rings is 2. The van der Waals surface area contributed by atoms with Gasteiger partial charge in [-0.1, -0.05) is 24.3 Å². The number of rotatable bonds is 5. The Morgan fingerprint density at radius 1 is 1.33 bits per heavy atom. The summed E-state index contributed by atoms with van der Waals surface area (Å²) >= 11 is 1.39. The van der Waals surface area contributed by atoms with Gasteiger partial charge in [0.25, 0.3) is 5.91 Å². The van der Waals surface area contributed by atoms with Crippen LogP contribution in [0.1, 0.15) is 27.2 Å². The fraction of sp³-hybridized carbons (Fsp3) is 0.174. The van der Waals surface area contributed by atoms with Gasteiger partial charge in [-0.25, -0.2) is 4.98 Å². The number of hydrogen-bond donors (Lipinski definition) is 2. The molecule has 7 heteroatoms. The molecule has 6 nitrogen and oxygen atoms in total. The molecule has 0 saturated heterocycles. The molecule has 0 bridgehead atoms. The summed E-state index contributed by atoms with van der Waals surface area (Å²) in [5.74, 6) is 0.578. The normalized spacial score (nSPS) is 13.1. The highest BCUT2D eigenvalue weighted by Crippen LogP contribution is 2.31. The number of fused-ring (bicyclic) bond motifs is 1. The molecule has 30 heavy (non-hydrogen) atoms. The van der Waals surface area contributed by atoms with Gasteiger partial charge in [-0.2, -0.15) is 0 Å². The van der Waals surface area contributed by atoms with Gasteiger partial charge in [0.05, 0.1) is 23.5 Å². The Kier molecular flexibility index (Phi) is 5.63. The molecule has 1 amide bonds. The zero-order valence-electron chi connectivity index (χ0n) is 16.8. The standard InChI is InChI=1S/C23H22N4O2S/c1-15-16(4-3-5-19(15)26-23(28)20-13-30-14-25-20)6-8-18(24)17-7-9-21-22(12-17)29-11-10-27(21)2/h3-9,12-14,24H,10-11H2,1-2H3,(H,26,28)/b8-6-,24-18?. The maximum atomic E-state index is 12.3. The Morgan fingerprint density at radius 3 is 3.00 bits per heavy atom. The van der Waals surface area contributed by atoms with Gasteiger partial charge in [-0.3, -0.25) is 4.79 Å². The molecule has 2 aromatic carbocycles. The van der Waals surface area contributed by atoms with Crippen LogP contribution in [-0.4, -0.2) is 36.8 Å². The quantitative estimate of drug-likeness (QED) is 0.593. The van der Waals surface area contributed by atoms with E-state index in [-0.39, 0.29) is 5.91 Å². The maximum absolute atomic E-state index is 12.3. The third-order valence-electron chi connectivity index (χ3n) is 5.08. The fourth-order valence-corrected chi connectivity index (χ4v) is 3.81. The molecule has 0 fully saturated rings. The molecule has 0 spiro atoms. The van der Waals surface area contributed by atoms with E-state index in [0.717, 1.165) is 40.4 Å². The van der Waals surface area contributed by atoms with Crippen molar-refractivity contribution in [1.82, 2.24) is 4.98 Å². The molecule has 2 heterocycles. The smallest absolute Gasteiger partial charge is 0.275 e. The van der Waals surface area contributed by atoms with Gasteiger partial charge in [0.1, 0.15) is 18.1 Å². The number of carbonyl (C=O) groups excluding carboxylic acids is 1. The SMILES string of the molecule is Cc1c(/C=C\C(=N)c2ccc3c(c2)OCCN3C)cccc1NC(=O)c1cscn1. The van der Waals surface area contributed by atoms with Crippen molar-refractivity contribution >= 4 is 40.4 Å². The summed E-state index contributed by atoms with van der Waals surface area (Å²) < 4.78 is 5.74. The number of ether oxygens (including phenoxy) is 1. The number of nitrogens with zero attached hydrogens (tertiary/aromatic N) is 2. The van der Waals surface area contributed by atoms with E-state index < -0.39 is 0 Å². The van der Waals surface area contributed by atoms with Crippen LogP contribution in [0.3, 0.4) is 0 Å². The van der Waals surface area contributed by atoms with Crippen molar-refractivity contribution in [2.75, 3.05) is 30.4 Å². The molecule has 1 aliphatic heterocycles. The average Bonchev–Trinajstić information content (AvgIpc) is 3.29. The second kappa shape index (κ2) is 8.51. The summed E-state index contributed by atoms with van der Waals surface area (Å²) in [5.41, 5.74) is 6.87. The topological polar surface area (TPSA) is 78.3 Å². The molecule has 1 aliphatic rings. The van der Waals surface area contributed by atoms with Crippen LogP contribution >= 0.6 is 11.3 Å². The molecule has 0 radical (unpaired) electrons. The van der Waals surface area contributed by atoms with Crippen LogP contribution in [0.25, 0.3) is 6.08 Å². The van der Waals surface area contributed by atoms with Gasteiger partial charge in [-0.05, 0) is 42.3 Å². The molecule has 0 aliphatic carbocycles. The molecular formula is C23H22N4O2S. The van der Waals surface area contributed by atoms with Gasteiger partial charge in [0, 0.05) is 23.7 Å². The van der Waals surface area contributed by atoms with Crippen LogP contribution < -0.4 is 15.0 Å². The van der Waals surface area contributed by atoms with Crippen molar-refractivity contribution in [3.63, 3.8) is 0 Å². The summed E-state index contributed by atoms with van der Waals surface area (Å²) in [6.07, 6.45) is 3.66. The Balaban J connectivity index is 1.51. The number of carbonyl (C=O) groups is 1. The van der Waals surface area contributed by atoms with Crippen LogP contribution in [0.5, 0.6) is 5.75 Å². The lowest BCUT2D eigenvalue weighted by atomic mass is 10.0. The number of hydrogen-bond acceptors (Lipinski definition) is 6. The van der Waals surface area contributed by atoms with Crippen LogP contribution in [0.15, 0.2) is 53.4 Å². The van der Waals surface area contributed by atoms with Crippen LogP contribution in [0.4, 0.5) is 11.4 Å². The monoisotopic (exact) mass is 418 g/mol. The number of aromatic nitrogens is 1. The number of anilines is 2. The van der Waals surface area contributed by atoms with Crippen molar-refractivity contribution in [3.05, 3.63) is 75.7 Å². The summed E-state index contributed by atoms with van der Waals surface area (Å²) in [7, 11) is 2.04. The first-order valence-electron chi connectivity index (χ1n) is 9.57. The molecule has 1 aromatic heterocycles. The summed E-state index contributed by atoms with van der Waals surface area (Å²) in [6.45, 7) is 3.45. The van der Waals surface area contributed by atoms with Crippen molar-refractivity contribution in [2.24, 2.45) is 0 Å². The summed E-state index contributed by atoms with van der Waals surface area (Å²) in [5, 5.41) is 13.1. The minimum absolute atomic E-state index is 0.229. The van der Waals surface area contributed by atoms with Crippen LogP contribution in [-0.2, 0) is 0 Å². The summed E-state index contributed by atoms with van der Waals surface area (Å²) in [4.78, 5) is 18.5. The molecule has 0 unspecified atom stereocenters. The highest BCUT2D eigenvalue weighted by Gasteiger charge is 2.15. The second-order valence-corrected chi connectivity index (χ2v) is 7.77. The third-order valence-corrected chi connectivity index (χ3v) is 5.67. The molecular weight excluding hydrogens is 396 g/mol. The van der Waals surface area contributed by atoms with Crippen LogP contribution in [0.2, 0.25) is 0 Å². The molecule has 4 rings (SSSR count). The number of amides is 1. The van der Waals surface area contributed by atoms with Crippen molar-refractivity contribution in [3.8, 4) is 5.75 Å². The predicted molar refractivity (Wildman–Crippen MR) is 122 cm³/mol. The largest absolute Gasteiger partial charge is 0.490 e. The van der Waals surface area contributed by atoms with Crippen LogP contribution in [0, 0.1) is 12.3 Å². The number of nitrogens with one attached hydrogen (secondary N) is 2. The minimum atomic E-state index is -0.229.